The van der Waals surface area contributed by atoms with Crippen LogP contribution in [0, 0.1) is 12.7 Å². The first-order chi connectivity index (χ1) is 8.20. The van der Waals surface area contributed by atoms with Crippen LogP contribution in [-0.4, -0.2) is 24.5 Å². The Hall–Kier alpha value is -0.890. The second kappa shape index (κ2) is 4.09. The number of likely N-dealkylation sites (tertiary alicyclic amines) is 1. The van der Waals surface area contributed by atoms with Crippen LogP contribution in [0.25, 0.3) is 0 Å². The molecule has 2 aliphatic rings. The van der Waals surface area contributed by atoms with Crippen molar-refractivity contribution in [1.82, 2.24) is 4.90 Å². The van der Waals surface area contributed by atoms with Crippen LogP contribution in [-0.2, 0) is 5.41 Å². The van der Waals surface area contributed by atoms with Gasteiger partial charge in [-0.1, -0.05) is 12.1 Å². The maximum atomic E-state index is 13.6. The summed E-state index contributed by atoms with van der Waals surface area (Å²) in [6, 6.07) is 5.81. The Bertz CT molecular complexity index is 417. The summed E-state index contributed by atoms with van der Waals surface area (Å²) in [5.74, 6) is -0.0461. The smallest absolute Gasteiger partial charge is 0.126 e. The summed E-state index contributed by atoms with van der Waals surface area (Å²) in [5.41, 5.74) is 2.25. The summed E-state index contributed by atoms with van der Waals surface area (Å²) >= 11 is 0. The highest BCUT2D eigenvalue weighted by atomic mass is 19.1. The van der Waals surface area contributed by atoms with E-state index in [4.69, 9.17) is 0 Å². The predicted molar refractivity (Wildman–Crippen MR) is 67.7 cm³/mol. The van der Waals surface area contributed by atoms with Gasteiger partial charge in [0, 0.05) is 12.0 Å². The average Bonchev–Trinajstić information content (AvgIpc) is 2.90. The molecular weight excluding hydrogens is 213 g/mol. The SMILES string of the molecule is Cc1ccc(C2(CN3CCCC3)CC2)cc1F. The van der Waals surface area contributed by atoms with E-state index in [1.54, 1.807) is 6.07 Å². The molecule has 0 spiro atoms. The Morgan fingerprint density at radius 1 is 1.24 bits per heavy atom. The Morgan fingerprint density at radius 3 is 2.53 bits per heavy atom. The number of benzene rings is 1. The van der Waals surface area contributed by atoms with Gasteiger partial charge in [0.05, 0.1) is 0 Å². The van der Waals surface area contributed by atoms with Crippen molar-refractivity contribution in [3.05, 3.63) is 35.1 Å². The number of nitrogens with zero attached hydrogens (tertiary/aromatic N) is 1. The van der Waals surface area contributed by atoms with Crippen LogP contribution in [0.1, 0.15) is 36.8 Å². The lowest BCUT2D eigenvalue weighted by Crippen LogP contribution is -2.30. The molecule has 1 aliphatic heterocycles. The molecule has 0 radical (unpaired) electrons. The van der Waals surface area contributed by atoms with Crippen LogP contribution >= 0.6 is 0 Å². The number of hydrogen-bond acceptors (Lipinski definition) is 1. The van der Waals surface area contributed by atoms with Crippen molar-refractivity contribution >= 4 is 0 Å². The molecule has 0 atom stereocenters. The van der Waals surface area contributed by atoms with Crippen molar-refractivity contribution in [2.45, 2.75) is 38.0 Å². The Kier molecular flexibility index (Phi) is 2.70. The highest BCUT2D eigenvalue weighted by Crippen LogP contribution is 2.49. The standard InChI is InChI=1S/C15H20FN/c1-12-4-5-13(10-14(12)16)15(6-7-15)11-17-8-2-3-9-17/h4-5,10H,2-3,6-9,11H2,1H3. The molecule has 0 amide bonds. The molecule has 1 aromatic carbocycles. The van der Waals surface area contributed by atoms with Crippen LogP contribution in [0.15, 0.2) is 18.2 Å². The van der Waals surface area contributed by atoms with Crippen molar-refractivity contribution in [2.24, 2.45) is 0 Å². The number of rotatable bonds is 3. The minimum atomic E-state index is -0.0461. The zero-order valence-corrected chi connectivity index (χ0v) is 10.5. The molecule has 0 unspecified atom stereocenters. The summed E-state index contributed by atoms with van der Waals surface area (Å²) in [4.78, 5) is 2.55. The molecule has 0 N–H and O–H groups in total. The molecule has 92 valence electrons. The Labute approximate surface area is 103 Å². The van der Waals surface area contributed by atoms with Gasteiger partial charge in [-0.05, 0) is 62.9 Å². The second-order valence-electron chi connectivity index (χ2n) is 5.73. The minimum Gasteiger partial charge on any atom is -0.302 e. The van der Waals surface area contributed by atoms with Crippen molar-refractivity contribution in [2.75, 3.05) is 19.6 Å². The Balaban J connectivity index is 1.79. The maximum Gasteiger partial charge on any atom is 0.126 e. The number of halogens is 1. The summed E-state index contributed by atoms with van der Waals surface area (Å²) in [6.45, 7) is 5.43. The van der Waals surface area contributed by atoms with Gasteiger partial charge in [-0.3, -0.25) is 0 Å². The lowest BCUT2D eigenvalue weighted by molar-refractivity contribution is 0.304. The van der Waals surface area contributed by atoms with Gasteiger partial charge in [-0.15, -0.1) is 0 Å². The third-order valence-electron chi connectivity index (χ3n) is 4.36. The molecule has 1 saturated heterocycles. The normalized spacial score (nSPS) is 22.9. The van der Waals surface area contributed by atoms with Gasteiger partial charge in [0.25, 0.3) is 0 Å². The van der Waals surface area contributed by atoms with Gasteiger partial charge in [0.15, 0.2) is 0 Å². The summed E-state index contributed by atoms with van der Waals surface area (Å²) in [5, 5.41) is 0. The summed E-state index contributed by atoms with van der Waals surface area (Å²) in [7, 11) is 0. The zero-order valence-electron chi connectivity index (χ0n) is 10.5. The zero-order chi connectivity index (χ0) is 11.9. The van der Waals surface area contributed by atoms with E-state index in [1.165, 1.54) is 44.3 Å². The molecule has 1 aromatic rings. The van der Waals surface area contributed by atoms with Crippen LogP contribution in [0.3, 0.4) is 0 Å². The number of aryl methyl sites for hydroxylation is 1. The van der Waals surface area contributed by atoms with Gasteiger partial charge in [0.1, 0.15) is 5.82 Å². The molecule has 1 heterocycles. The second-order valence-corrected chi connectivity index (χ2v) is 5.73. The topological polar surface area (TPSA) is 3.24 Å². The van der Waals surface area contributed by atoms with Crippen LogP contribution < -0.4 is 0 Å². The largest absolute Gasteiger partial charge is 0.302 e. The molecule has 0 bridgehead atoms. The molecule has 3 rings (SSSR count). The fraction of sp³-hybridized carbons (Fsp3) is 0.600. The van der Waals surface area contributed by atoms with Gasteiger partial charge in [-0.2, -0.15) is 0 Å². The van der Waals surface area contributed by atoms with E-state index in [9.17, 15) is 4.39 Å². The Morgan fingerprint density at radius 2 is 1.94 bits per heavy atom. The molecular formula is C15H20FN. The first-order valence-electron chi connectivity index (χ1n) is 6.69. The highest BCUT2D eigenvalue weighted by molar-refractivity contribution is 5.34. The molecule has 1 aliphatic carbocycles. The van der Waals surface area contributed by atoms with Crippen molar-refractivity contribution in [3.8, 4) is 0 Å². The minimum absolute atomic E-state index is 0.0461. The highest BCUT2D eigenvalue weighted by Gasteiger charge is 2.45. The van der Waals surface area contributed by atoms with Gasteiger partial charge >= 0.3 is 0 Å². The van der Waals surface area contributed by atoms with Gasteiger partial charge in [-0.25, -0.2) is 4.39 Å². The number of hydrogen-bond donors (Lipinski definition) is 0. The van der Waals surface area contributed by atoms with E-state index in [0.717, 1.165) is 12.1 Å². The first kappa shape index (κ1) is 11.2. The molecule has 0 aromatic heterocycles. The van der Waals surface area contributed by atoms with E-state index in [2.05, 4.69) is 11.0 Å². The van der Waals surface area contributed by atoms with Crippen LogP contribution in [0.4, 0.5) is 4.39 Å². The van der Waals surface area contributed by atoms with Crippen molar-refractivity contribution in [1.29, 1.82) is 0 Å². The van der Waals surface area contributed by atoms with Crippen molar-refractivity contribution in [3.63, 3.8) is 0 Å². The fourth-order valence-electron chi connectivity index (χ4n) is 2.98. The van der Waals surface area contributed by atoms with Gasteiger partial charge in [0.2, 0.25) is 0 Å². The van der Waals surface area contributed by atoms with E-state index < -0.39 is 0 Å². The average molecular weight is 233 g/mol. The molecule has 1 saturated carbocycles. The third-order valence-corrected chi connectivity index (χ3v) is 4.36. The third kappa shape index (κ3) is 2.11. The lowest BCUT2D eigenvalue weighted by Gasteiger charge is -2.23. The molecule has 2 fully saturated rings. The monoisotopic (exact) mass is 233 g/mol. The lowest BCUT2D eigenvalue weighted by atomic mass is 9.94. The molecule has 17 heavy (non-hydrogen) atoms. The molecule has 2 heteroatoms. The van der Waals surface area contributed by atoms with Crippen LogP contribution in [0.5, 0.6) is 0 Å². The maximum absolute atomic E-state index is 13.6. The van der Waals surface area contributed by atoms with Crippen LogP contribution in [0.2, 0.25) is 0 Å². The van der Waals surface area contributed by atoms with E-state index in [0.29, 0.717) is 0 Å². The summed E-state index contributed by atoms with van der Waals surface area (Å²) in [6.07, 6.45) is 5.12. The predicted octanol–water partition coefficient (Wildman–Crippen LogP) is 3.26. The van der Waals surface area contributed by atoms with E-state index in [1.807, 2.05) is 13.0 Å². The van der Waals surface area contributed by atoms with E-state index in [-0.39, 0.29) is 11.2 Å². The van der Waals surface area contributed by atoms with Crippen molar-refractivity contribution < 1.29 is 4.39 Å². The van der Waals surface area contributed by atoms with E-state index >= 15 is 0 Å². The molecule has 1 nitrogen and oxygen atoms in total. The fourth-order valence-corrected chi connectivity index (χ4v) is 2.98. The quantitative estimate of drug-likeness (QED) is 0.774. The van der Waals surface area contributed by atoms with Gasteiger partial charge < -0.3 is 4.90 Å². The summed E-state index contributed by atoms with van der Waals surface area (Å²) < 4.78 is 13.6. The first-order valence-corrected chi connectivity index (χ1v) is 6.69.